The molecule has 0 aliphatic rings. The van der Waals surface area contributed by atoms with Crippen molar-refractivity contribution in [3.05, 3.63) is 30.5 Å². The lowest BCUT2D eigenvalue weighted by molar-refractivity contribution is -0.137. The first-order valence-electron chi connectivity index (χ1n) is 5.77. The van der Waals surface area contributed by atoms with Crippen molar-refractivity contribution >= 4 is 28.2 Å². The second-order valence-electron chi connectivity index (χ2n) is 4.06. The predicted molar refractivity (Wildman–Crippen MR) is 71.5 cm³/mol. The normalized spacial score (nSPS) is 10.4. The van der Waals surface area contributed by atoms with Gasteiger partial charge >= 0.3 is 5.97 Å². The minimum atomic E-state index is -0.785. The number of carbonyl (C=O) groups is 1. The number of nitrogen functional groups attached to an aromatic ring is 1. The van der Waals surface area contributed by atoms with Crippen molar-refractivity contribution in [2.75, 3.05) is 17.6 Å². The van der Waals surface area contributed by atoms with E-state index in [4.69, 9.17) is 10.8 Å². The molecule has 0 saturated carbocycles. The smallest absolute Gasteiger partial charge is 0.303 e. The number of nitrogens with zero attached hydrogens (tertiary/aromatic N) is 1. The van der Waals surface area contributed by atoms with Gasteiger partial charge in [0.25, 0.3) is 0 Å². The van der Waals surface area contributed by atoms with E-state index < -0.39 is 5.97 Å². The van der Waals surface area contributed by atoms with Crippen molar-refractivity contribution in [1.29, 1.82) is 0 Å². The summed E-state index contributed by atoms with van der Waals surface area (Å²) in [7, 11) is 0. The van der Waals surface area contributed by atoms with E-state index in [9.17, 15) is 4.79 Å². The molecule has 2 rings (SSSR count). The maximum atomic E-state index is 10.4. The molecule has 4 N–H and O–H groups in total. The zero-order chi connectivity index (χ0) is 13.0. The predicted octanol–water partition coefficient (Wildman–Crippen LogP) is 2.09. The molecule has 1 aromatic carbocycles. The number of anilines is 2. The highest BCUT2D eigenvalue weighted by Gasteiger charge is 2.03. The third-order valence-corrected chi connectivity index (χ3v) is 2.65. The van der Waals surface area contributed by atoms with E-state index in [0.29, 0.717) is 18.7 Å². The van der Waals surface area contributed by atoms with Crippen LogP contribution in [0.1, 0.15) is 12.8 Å². The van der Waals surface area contributed by atoms with Gasteiger partial charge in [-0.05, 0) is 30.0 Å². The van der Waals surface area contributed by atoms with Crippen molar-refractivity contribution in [3.63, 3.8) is 0 Å². The number of aliphatic carboxylic acids is 1. The number of nitrogens with two attached hydrogens (primary N) is 1. The standard InChI is InChI=1S/C13H15N3O2/c14-10-4-3-9-5-7-16-13(11(9)8-10)15-6-1-2-12(17)18/h3-5,7-8H,1-2,6,14H2,(H,15,16)(H,17,18). The van der Waals surface area contributed by atoms with Gasteiger partial charge in [0.05, 0.1) is 0 Å². The number of pyridine rings is 1. The van der Waals surface area contributed by atoms with E-state index in [-0.39, 0.29) is 6.42 Å². The highest BCUT2D eigenvalue weighted by Crippen LogP contribution is 2.23. The molecule has 94 valence electrons. The van der Waals surface area contributed by atoms with Crippen LogP contribution >= 0.6 is 0 Å². The van der Waals surface area contributed by atoms with Crippen LogP contribution in [-0.2, 0) is 4.79 Å². The van der Waals surface area contributed by atoms with E-state index in [1.54, 1.807) is 6.20 Å². The largest absolute Gasteiger partial charge is 0.481 e. The summed E-state index contributed by atoms with van der Waals surface area (Å²) in [5.41, 5.74) is 6.44. The molecule has 0 unspecified atom stereocenters. The summed E-state index contributed by atoms with van der Waals surface area (Å²) in [6.07, 6.45) is 2.44. The van der Waals surface area contributed by atoms with E-state index >= 15 is 0 Å². The summed E-state index contributed by atoms with van der Waals surface area (Å²) in [5.74, 6) is -0.0443. The Morgan fingerprint density at radius 3 is 3.00 bits per heavy atom. The van der Waals surface area contributed by atoms with E-state index in [2.05, 4.69) is 10.3 Å². The summed E-state index contributed by atoms with van der Waals surface area (Å²) in [6, 6.07) is 7.56. The molecule has 0 saturated heterocycles. The van der Waals surface area contributed by atoms with Gasteiger partial charge in [-0.1, -0.05) is 6.07 Å². The number of hydrogen-bond donors (Lipinski definition) is 3. The number of carboxylic acids is 1. The molecular weight excluding hydrogens is 230 g/mol. The second-order valence-corrected chi connectivity index (χ2v) is 4.06. The topological polar surface area (TPSA) is 88.2 Å². The Labute approximate surface area is 105 Å². The molecule has 5 nitrogen and oxygen atoms in total. The van der Waals surface area contributed by atoms with Gasteiger partial charge in [-0.3, -0.25) is 4.79 Å². The van der Waals surface area contributed by atoms with Crippen LogP contribution < -0.4 is 11.1 Å². The average Bonchev–Trinajstić information content (AvgIpc) is 2.34. The van der Waals surface area contributed by atoms with E-state index in [1.807, 2.05) is 24.3 Å². The van der Waals surface area contributed by atoms with Gasteiger partial charge in [-0.15, -0.1) is 0 Å². The fourth-order valence-corrected chi connectivity index (χ4v) is 1.77. The van der Waals surface area contributed by atoms with Crippen LogP contribution in [0.5, 0.6) is 0 Å². The van der Waals surface area contributed by atoms with Crippen molar-refractivity contribution in [1.82, 2.24) is 4.98 Å². The fraction of sp³-hybridized carbons (Fsp3) is 0.231. The number of rotatable bonds is 5. The van der Waals surface area contributed by atoms with Crippen molar-refractivity contribution in [2.24, 2.45) is 0 Å². The Balaban J connectivity index is 2.12. The fourth-order valence-electron chi connectivity index (χ4n) is 1.77. The number of nitrogens with one attached hydrogen (secondary N) is 1. The monoisotopic (exact) mass is 245 g/mol. The molecule has 0 fully saturated rings. The third kappa shape index (κ3) is 2.88. The molecule has 1 aromatic heterocycles. The maximum absolute atomic E-state index is 10.4. The number of fused-ring (bicyclic) bond motifs is 1. The van der Waals surface area contributed by atoms with E-state index in [0.717, 1.165) is 16.6 Å². The molecule has 0 aliphatic heterocycles. The zero-order valence-corrected chi connectivity index (χ0v) is 9.89. The van der Waals surface area contributed by atoms with Crippen molar-refractivity contribution in [2.45, 2.75) is 12.8 Å². The molecule has 1 heterocycles. The first-order valence-corrected chi connectivity index (χ1v) is 5.77. The number of hydrogen-bond acceptors (Lipinski definition) is 4. The van der Waals surface area contributed by atoms with Crippen LogP contribution in [0, 0.1) is 0 Å². The Bertz CT molecular complexity index is 569. The molecule has 0 amide bonds. The third-order valence-electron chi connectivity index (χ3n) is 2.65. The van der Waals surface area contributed by atoms with Gasteiger partial charge in [0.2, 0.25) is 0 Å². The average molecular weight is 245 g/mol. The highest BCUT2D eigenvalue weighted by atomic mass is 16.4. The minimum Gasteiger partial charge on any atom is -0.481 e. The van der Waals surface area contributed by atoms with Crippen LogP contribution in [0.2, 0.25) is 0 Å². The lowest BCUT2D eigenvalue weighted by Gasteiger charge is -2.08. The molecule has 0 atom stereocenters. The van der Waals surface area contributed by atoms with Crippen LogP contribution in [0.25, 0.3) is 10.8 Å². The second kappa shape index (κ2) is 5.35. The van der Waals surface area contributed by atoms with Gasteiger partial charge < -0.3 is 16.2 Å². The van der Waals surface area contributed by atoms with Gasteiger partial charge in [-0.25, -0.2) is 4.98 Å². The Kier molecular flexibility index (Phi) is 3.62. The molecule has 0 spiro atoms. The molecular formula is C13H15N3O2. The van der Waals surface area contributed by atoms with Gasteiger partial charge in [-0.2, -0.15) is 0 Å². The summed E-state index contributed by atoms with van der Waals surface area (Å²) >= 11 is 0. The molecule has 0 radical (unpaired) electrons. The lowest BCUT2D eigenvalue weighted by Crippen LogP contribution is -2.06. The molecule has 0 bridgehead atoms. The number of benzene rings is 1. The molecule has 0 aliphatic carbocycles. The quantitative estimate of drug-likeness (QED) is 0.554. The summed E-state index contributed by atoms with van der Waals surface area (Å²) < 4.78 is 0. The van der Waals surface area contributed by atoms with Gasteiger partial charge in [0, 0.05) is 30.2 Å². The van der Waals surface area contributed by atoms with Gasteiger partial charge in [0.15, 0.2) is 0 Å². The van der Waals surface area contributed by atoms with E-state index in [1.165, 1.54) is 0 Å². The first kappa shape index (κ1) is 12.2. The number of carboxylic acid groups (broad SMARTS) is 1. The Morgan fingerprint density at radius 1 is 1.39 bits per heavy atom. The Hall–Kier alpha value is -2.30. The maximum Gasteiger partial charge on any atom is 0.303 e. The number of aromatic nitrogens is 1. The van der Waals surface area contributed by atoms with Crippen LogP contribution in [-0.4, -0.2) is 22.6 Å². The van der Waals surface area contributed by atoms with Gasteiger partial charge in [0.1, 0.15) is 5.82 Å². The molecule has 5 heteroatoms. The molecule has 18 heavy (non-hydrogen) atoms. The van der Waals surface area contributed by atoms with Crippen LogP contribution in [0.4, 0.5) is 11.5 Å². The summed E-state index contributed by atoms with van der Waals surface area (Å²) in [4.78, 5) is 14.7. The summed E-state index contributed by atoms with van der Waals surface area (Å²) in [6.45, 7) is 0.577. The van der Waals surface area contributed by atoms with Crippen molar-refractivity contribution in [3.8, 4) is 0 Å². The lowest BCUT2D eigenvalue weighted by atomic mass is 10.1. The molecule has 2 aromatic rings. The summed E-state index contributed by atoms with van der Waals surface area (Å²) in [5, 5.41) is 13.7. The first-order chi connectivity index (χ1) is 8.66. The Morgan fingerprint density at radius 2 is 2.22 bits per heavy atom. The van der Waals surface area contributed by atoms with Crippen LogP contribution in [0.3, 0.4) is 0 Å². The zero-order valence-electron chi connectivity index (χ0n) is 9.89. The van der Waals surface area contributed by atoms with Crippen LogP contribution in [0.15, 0.2) is 30.5 Å². The SMILES string of the molecule is Nc1ccc2ccnc(NCCCC(=O)O)c2c1. The minimum absolute atomic E-state index is 0.153. The van der Waals surface area contributed by atoms with Crippen molar-refractivity contribution < 1.29 is 9.90 Å². The highest BCUT2D eigenvalue weighted by molar-refractivity contribution is 5.93.